The molecular formula is C12H17NO. The molecule has 0 fully saturated rings. The van der Waals surface area contributed by atoms with Crippen LogP contribution in [0, 0.1) is 0 Å². The van der Waals surface area contributed by atoms with Crippen LogP contribution in [0.4, 0.5) is 5.69 Å². The highest BCUT2D eigenvalue weighted by Gasteiger charge is 2.00. The van der Waals surface area contributed by atoms with E-state index >= 15 is 0 Å². The number of rotatable bonds is 4. The predicted molar refractivity (Wildman–Crippen MR) is 60.8 cm³/mol. The van der Waals surface area contributed by atoms with E-state index in [1.165, 1.54) is 5.56 Å². The van der Waals surface area contributed by atoms with Crippen LogP contribution in [0.1, 0.15) is 19.4 Å². The van der Waals surface area contributed by atoms with Crippen LogP contribution in [0.25, 0.3) is 0 Å². The Morgan fingerprint density at radius 3 is 2.79 bits per heavy atom. The minimum absolute atomic E-state index is 0.957. The molecule has 0 aromatic heterocycles. The van der Waals surface area contributed by atoms with Gasteiger partial charge in [-0.1, -0.05) is 13.0 Å². The lowest BCUT2D eigenvalue weighted by atomic mass is 10.1. The number of hydrogen-bond acceptors (Lipinski definition) is 2. The number of hydrogen-bond donors (Lipinski definition) is 1. The van der Waals surface area contributed by atoms with Gasteiger partial charge in [0.1, 0.15) is 5.75 Å². The maximum absolute atomic E-state index is 5.25. The standard InChI is InChI=1S/C12H17NO/c1-4-8-13-11-6-7-12(14-3)10(5-2)9-11/h4,6-9,13H,5H2,1-3H3. The second kappa shape index (κ2) is 5.32. The average molecular weight is 191 g/mol. The van der Waals surface area contributed by atoms with Crippen molar-refractivity contribution in [3.05, 3.63) is 36.0 Å². The summed E-state index contributed by atoms with van der Waals surface area (Å²) in [7, 11) is 1.70. The summed E-state index contributed by atoms with van der Waals surface area (Å²) >= 11 is 0. The highest BCUT2D eigenvalue weighted by atomic mass is 16.5. The minimum atomic E-state index is 0.957. The lowest BCUT2D eigenvalue weighted by Crippen LogP contribution is -1.93. The van der Waals surface area contributed by atoms with Crippen molar-refractivity contribution in [2.24, 2.45) is 0 Å². The number of benzene rings is 1. The first kappa shape index (κ1) is 10.6. The Balaban J connectivity index is 2.89. The molecule has 0 bridgehead atoms. The zero-order chi connectivity index (χ0) is 10.4. The summed E-state index contributed by atoms with van der Waals surface area (Å²) in [6, 6.07) is 6.11. The van der Waals surface area contributed by atoms with Crippen molar-refractivity contribution in [2.75, 3.05) is 12.4 Å². The van der Waals surface area contributed by atoms with Gasteiger partial charge in [0.2, 0.25) is 0 Å². The van der Waals surface area contributed by atoms with E-state index in [0.29, 0.717) is 0 Å². The lowest BCUT2D eigenvalue weighted by molar-refractivity contribution is 0.410. The summed E-state index contributed by atoms with van der Waals surface area (Å²) in [6.07, 6.45) is 4.87. The molecule has 14 heavy (non-hydrogen) atoms. The first-order valence-corrected chi connectivity index (χ1v) is 4.86. The first-order valence-electron chi connectivity index (χ1n) is 4.86. The second-order valence-electron chi connectivity index (χ2n) is 3.02. The Morgan fingerprint density at radius 2 is 2.21 bits per heavy atom. The summed E-state index contributed by atoms with van der Waals surface area (Å²) < 4.78 is 5.25. The van der Waals surface area contributed by atoms with E-state index in [4.69, 9.17) is 4.74 Å². The Kier molecular flexibility index (Phi) is 4.05. The van der Waals surface area contributed by atoms with Gasteiger partial charge in [0.05, 0.1) is 7.11 Å². The molecule has 0 aliphatic heterocycles. The van der Waals surface area contributed by atoms with Crippen LogP contribution in [-0.4, -0.2) is 7.11 Å². The minimum Gasteiger partial charge on any atom is -0.496 e. The summed E-state index contributed by atoms with van der Waals surface area (Å²) in [5, 5.41) is 3.18. The SMILES string of the molecule is CC=CNc1ccc(OC)c(CC)c1. The summed E-state index contributed by atoms with van der Waals surface area (Å²) in [4.78, 5) is 0. The van der Waals surface area contributed by atoms with Crippen molar-refractivity contribution in [2.45, 2.75) is 20.3 Å². The molecule has 1 aromatic carbocycles. The summed E-state index contributed by atoms with van der Waals surface area (Å²) in [5.74, 6) is 0.957. The molecule has 0 radical (unpaired) electrons. The third kappa shape index (κ3) is 2.52. The van der Waals surface area contributed by atoms with Gasteiger partial charge in [0, 0.05) is 5.69 Å². The number of methoxy groups -OCH3 is 1. The average Bonchev–Trinajstić information content (AvgIpc) is 2.25. The van der Waals surface area contributed by atoms with Gasteiger partial charge in [0.15, 0.2) is 0 Å². The van der Waals surface area contributed by atoms with E-state index < -0.39 is 0 Å². The molecule has 0 saturated heterocycles. The van der Waals surface area contributed by atoms with E-state index in [-0.39, 0.29) is 0 Å². The second-order valence-corrected chi connectivity index (χ2v) is 3.02. The number of anilines is 1. The van der Waals surface area contributed by atoms with Crippen molar-refractivity contribution in [3.63, 3.8) is 0 Å². The third-order valence-electron chi connectivity index (χ3n) is 2.08. The molecule has 0 aliphatic rings. The molecular weight excluding hydrogens is 174 g/mol. The normalized spacial score (nSPS) is 10.5. The van der Waals surface area contributed by atoms with Gasteiger partial charge in [0.25, 0.3) is 0 Å². The predicted octanol–water partition coefficient (Wildman–Crippen LogP) is 3.20. The van der Waals surface area contributed by atoms with Crippen LogP contribution < -0.4 is 10.1 Å². The molecule has 1 N–H and O–H groups in total. The van der Waals surface area contributed by atoms with E-state index in [0.717, 1.165) is 17.9 Å². The smallest absolute Gasteiger partial charge is 0.122 e. The largest absolute Gasteiger partial charge is 0.496 e. The Labute approximate surface area is 85.6 Å². The molecule has 1 aromatic rings. The molecule has 1 rings (SSSR count). The molecule has 0 atom stereocenters. The fourth-order valence-electron chi connectivity index (χ4n) is 1.32. The lowest BCUT2D eigenvalue weighted by Gasteiger charge is -2.08. The van der Waals surface area contributed by atoms with Crippen LogP contribution in [0.2, 0.25) is 0 Å². The Hall–Kier alpha value is -1.44. The number of allylic oxidation sites excluding steroid dienone is 1. The van der Waals surface area contributed by atoms with E-state index in [9.17, 15) is 0 Å². The maximum Gasteiger partial charge on any atom is 0.122 e. The van der Waals surface area contributed by atoms with Gasteiger partial charge < -0.3 is 10.1 Å². The van der Waals surface area contributed by atoms with E-state index in [1.807, 2.05) is 31.3 Å². The zero-order valence-corrected chi connectivity index (χ0v) is 9.00. The van der Waals surface area contributed by atoms with Gasteiger partial charge in [-0.05, 0) is 43.3 Å². The number of aryl methyl sites for hydroxylation is 1. The van der Waals surface area contributed by atoms with Gasteiger partial charge in [-0.2, -0.15) is 0 Å². The van der Waals surface area contributed by atoms with Gasteiger partial charge in [-0.25, -0.2) is 0 Å². The molecule has 2 heteroatoms. The first-order chi connectivity index (χ1) is 6.81. The Morgan fingerprint density at radius 1 is 1.43 bits per heavy atom. The van der Waals surface area contributed by atoms with Crippen molar-refractivity contribution < 1.29 is 4.74 Å². The van der Waals surface area contributed by atoms with Crippen molar-refractivity contribution in [3.8, 4) is 5.75 Å². The van der Waals surface area contributed by atoms with Crippen molar-refractivity contribution in [1.82, 2.24) is 0 Å². The molecule has 0 heterocycles. The van der Waals surface area contributed by atoms with Crippen LogP contribution >= 0.6 is 0 Å². The van der Waals surface area contributed by atoms with E-state index in [1.54, 1.807) is 7.11 Å². The van der Waals surface area contributed by atoms with Crippen LogP contribution in [0.3, 0.4) is 0 Å². The van der Waals surface area contributed by atoms with Crippen LogP contribution in [0.5, 0.6) is 5.75 Å². The molecule has 0 unspecified atom stereocenters. The van der Waals surface area contributed by atoms with Gasteiger partial charge >= 0.3 is 0 Å². The Bertz CT molecular complexity index is 318. The summed E-state index contributed by atoms with van der Waals surface area (Å²) in [5.41, 5.74) is 2.32. The fourth-order valence-corrected chi connectivity index (χ4v) is 1.32. The zero-order valence-electron chi connectivity index (χ0n) is 9.00. The van der Waals surface area contributed by atoms with E-state index in [2.05, 4.69) is 18.3 Å². The number of nitrogens with one attached hydrogen (secondary N) is 1. The molecule has 0 amide bonds. The summed E-state index contributed by atoms with van der Waals surface area (Å²) in [6.45, 7) is 4.11. The fraction of sp³-hybridized carbons (Fsp3) is 0.333. The molecule has 0 spiro atoms. The highest BCUT2D eigenvalue weighted by molar-refractivity contribution is 5.52. The third-order valence-corrected chi connectivity index (χ3v) is 2.08. The molecule has 0 aliphatic carbocycles. The molecule has 0 saturated carbocycles. The van der Waals surface area contributed by atoms with Crippen molar-refractivity contribution in [1.29, 1.82) is 0 Å². The van der Waals surface area contributed by atoms with Crippen molar-refractivity contribution >= 4 is 5.69 Å². The van der Waals surface area contributed by atoms with Gasteiger partial charge in [-0.3, -0.25) is 0 Å². The monoisotopic (exact) mass is 191 g/mol. The molecule has 76 valence electrons. The van der Waals surface area contributed by atoms with Crippen LogP contribution in [0.15, 0.2) is 30.5 Å². The number of ether oxygens (including phenoxy) is 1. The highest BCUT2D eigenvalue weighted by Crippen LogP contribution is 2.22. The topological polar surface area (TPSA) is 21.3 Å². The van der Waals surface area contributed by atoms with Crippen LogP contribution in [-0.2, 0) is 6.42 Å². The maximum atomic E-state index is 5.25. The molecule has 2 nitrogen and oxygen atoms in total. The quantitative estimate of drug-likeness (QED) is 0.789. The van der Waals surface area contributed by atoms with Gasteiger partial charge in [-0.15, -0.1) is 0 Å².